The van der Waals surface area contributed by atoms with Crippen LogP contribution < -0.4 is 5.73 Å². The van der Waals surface area contributed by atoms with Crippen LogP contribution in [0, 0.1) is 4.91 Å². The molecule has 0 fully saturated rings. The standard InChI is InChI=1S/C5H13N2O2P/c1-3(6)5(7-9)4(10)2-8/h3-5,8H,2,6,10H2,1H3. The topological polar surface area (TPSA) is 75.7 Å². The van der Waals surface area contributed by atoms with Crippen LogP contribution in [0.15, 0.2) is 5.18 Å². The Morgan fingerprint density at radius 3 is 2.40 bits per heavy atom. The molecular formula is C5H13N2O2P. The maximum absolute atomic E-state index is 10.1. The molecule has 0 aromatic heterocycles. The monoisotopic (exact) mass is 164 g/mol. The van der Waals surface area contributed by atoms with E-state index in [4.69, 9.17) is 10.8 Å². The Bertz CT molecular complexity index is 110. The molecule has 0 aliphatic heterocycles. The third kappa shape index (κ3) is 2.69. The number of nitrogens with zero attached hydrogens (tertiary/aromatic N) is 1. The second-order valence-electron chi connectivity index (χ2n) is 2.30. The Morgan fingerprint density at radius 1 is 1.80 bits per heavy atom. The molecule has 60 valence electrons. The Kier molecular flexibility index (Phi) is 4.69. The van der Waals surface area contributed by atoms with Crippen molar-refractivity contribution in [3.05, 3.63) is 4.91 Å². The van der Waals surface area contributed by atoms with Crippen molar-refractivity contribution in [1.29, 1.82) is 0 Å². The number of aliphatic hydroxyl groups excluding tert-OH is 1. The summed E-state index contributed by atoms with van der Waals surface area (Å²) in [5, 5.41) is 11.4. The van der Waals surface area contributed by atoms with E-state index in [1.54, 1.807) is 6.92 Å². The molecule has 4 nitrogen and oxygen atoms in total. The predicted molar refractivity (Wildman–Crippen MR) is 43.8 cm³/mol. The highest BCUT2D eigenvalue weighted by Crippen LogP contribution is 2.11. The third-order valence-electron chi connectivity index (χ3n) is 1.31. The van der Waals surface area contributed by atoms with Crippen molar-refractivity contribution < 1.29 is 5.11 Å². The molecule has 0 aromatic carbocycles. The molecule has 0 saturated carbocycles. The quantitative estimate of drug-likeness (QED) is 0.442. The fourth-order valence-electron chi connectivity index (χ4n) is 0.672. The number of aliphatic hydroxyl groups is 1. The lowest BCUT2D eigenvalue weighted by Gasteiger charge is -2.17. The highest BCUT2D eigenvalue weighted by atomic mass is 31.0. The number of rotatable bonds is 4. The van der Waals surface area contributed by atoms with Gasteiger partial charge in [0.05, 0.1) is 6.61 Å². The molecule has 0 rings (SSSR count). The maximum Gasteiger partial charge on any atom is 0.115 e. The van der Waals surface area contributed by atoms with Gasteiger partial charge in [0.2, 0.25) is 0 Å². The summed E-state index contributed by atoms with van der Waals surface area (Å²) in [7, 11) is 2.34. The van der Waals surface area contributed by atoms with Crippen LogP contribution in [0.25, 0.3) is 0 Å². The molecule has 0 saturated heterocycles. The number of nitrogens with two attached hydrogens (primary N) is 1. The van der Waals surface area contributed by atoms with E-state index in [0.29, 0.717) is 0 Å². The van der Waals surface area contributed by atoms with Gasteiger partial charge in [-0.2, -0.15) is 4.91 Å². The molecule has 0 spiro atoms. The first-order chi connectivity index (χ1) is 4.63. The van der Waals surface area contributed by atoms with Crippen molar-refractivity contribution in [2.75, 3.05) is 6.61 Å². The van der Waals surface area contributed by atoms with Crippen molar-refractivity contribution in [1.82, 2.24) is 0 Å². The molecule has 0 bridgehead atoms. The van der Waals surface area contributed by atoms with E-state index in [9.17, 15) is 4.91 Å². The molecule has 0 radical (unpaired) electrons. The number of hydrogen-bond acceptors (Lipinski definition) is 4. The summed E-state index contributed by atoms with van der Waals surface area (Å²) in [5.41, 5.74) is 5.18. The van der Waals surface area contributed by atoms with Gasteiger partial charge in [0.25, 0.3) is 0 Å². The van der Waals surface area contributed by atoms with Crippen LogP contribution >= 0.6 is 9.24 Å². The lowest BCUT2D eigenvalue weighted by Crippen LogP contribution is -2.38. The SMILES string of the molecule is CC(N)C(N=O)C(P)CO. The molecule has 0 aliphatic rings. The average molecular weight is 164 g/mol. The molecular weight excluding hydrogens is 151 g/mol. The maximum atomic E-state index is 10.1. The van der Waals surface area contributed by atoms with Gasteiger partial charge in [-0.25, -0.2) is 0 Å². The van der Waals surface area contributed by atoms with E-state index in [0.717, 1.165) is 0 Å². The van der Waals surface area contributed by atoms with E-state index < -0.39 is 6.04 Å². The Balaban J connectivity index is 3.92. The van der Waals surface area contributed by atoms with E-state index in [1.807, 2.05) is 0 Å². The minimum Gasteiger partial charge on any atom is -0.396 e. The van der Waals surface area contributed by atoms with Gasteiger partial charge in [-0.1, -0.05) is 5.18 Å². The largest absolute Gasteiger partial charge is 0.396 e. The molecule has 0 heterocycles. The summed E-state index contributed by atoms with van der Waals surface area (Å²) in [6, 6.07) is -0.804. The molecule has 3 N–H and O–H groups in total. The van der Waals surface area contributed by atoms with Gasteiger partial charge >= 0.3 is 0 Å². The fraction of sp³-hybridized carbons (Fsp3) is 1.00. The van der Waals surface area contributed by atoms with Crippen molar-refractivity contribution in [3.8, 4) is 0 Å². The molecule has 10 heavy (non-hydrogen) atoms. The Hall–Kier alpha value is -0.0500. The summed E-state index contributed by atoms with van der Waals surface area (Å²) >= 11 is 0. The van der Waals surface area contributed by atoms with Gasteiger partial charge in [-0.15, -0.1) is 9.24 Å². The van der Waals surface area contributed by atoms with E-state index in [-0.39, 0.29) is 18.3 Å². The van der Waals surface area contributed by atoms with Crippen LogP contribution in [-0.4, -0.2) is 29.5 Å². The first kappa shape index (κ1) is 9.95. The van der Waals surface area contributed by atoms with Gasteiger partial charge in [0, 0.05) is 11.7 Å². The summed E-state index contributed by atoms with van der Waals surface area (Å²) in [5.74, 6) is 0. The van der Waals surface area contributed by atoms with Crippen LogP contribution in [0.4, 0.5) is 0 Å². The van der Waals surface area contributed by atoms with Crippen LogP contribution in [0.3, 0.4) is 0 Å². The van der Waals surface area contributed by atoms with Crippen LogP contribution in [0.2, 0.25) is 0 Å². The van der Waals surface area contributed by atoms with Gasteiger partial charge in [-0.05, 0) is 6.92 Å². The van der Waals surface area contributed by atoms with Crippen LogP contribution in [-0.2, 0) is 0 Å². The van der Waals surface area contributed by atoms with Crippen LogP contribution in [0.5, 0.6) is 0 Å². The van der Waals surface area contributed by atoms with Gasteiger partial charge < -0.3 is 10.8 Å². The van der Waals surface area contributed by atoms with Gasteiger partial charge in [0.15, 0.2) is 0 Å². The zero-order valence-corrected chi connectivity index (χ0v) is 7.05. The summed E-state index contributed by atoms with van der Waals surface area (Å²) in [4.78, 5) is 10.1. The number of hydrogen-bond donors (Lipinski definition) is 2. The Labute approximate surface area is 62.4 Å². The predicted octanol–water partition coefficient (Wildman–Crippen LogP) is -0.295. The fourth-order valence-corrected chi connectivity index (χ4v) is 1.09. The van der Waals surface area contributed by atoms with Crippen molar-refractivity contribution in [2.24, 2.45) is 10.9 Å². The first-order valence-corrected chi connectivity index (χ1v) is 3.74. The molecule has 0 amide bonds. The zero-order chi connectivity index (χ0) is 8.15. The second-order valence-corrected chi connectivity index (χ2v) is 3.16. The third-order valence-corrected chi connectivity index (χ3v) is 1.92. The van der Waals surface area contributed by atoms with Gasteiger partial charge in [0.1, 0.15) is 6.04 Å². The first-order valence-electron chi connectivity index (χ1n) is 3.08. The molecule has 0 aliphatic carbocycles. The molecule has 4 atom stereocenters. The highest BCUT2D eigenvalue weighted by molar-refractivity contribution is 7.17. The highest BCUT2D eigenvalue weighted by Gasteiger charge is 2.20. The Morgan fingerprint density at radius 2 is 2.30 bits per heavy atom. The molecule has 0 aromatic rings. The van der Waals surface area contributed by atoms with Crippen molar-refractivity contribution >= 4 is 9.24 Å². The van der Waals surface area contributed by atoms with E-state index in [2.05, 4.69) is 14.4 Å². The lowest BCUT2D eigenvalue weighted by molar-refractivity contribution is 0.276. The minimum absolute atomic E-state index is 0.0807. The molecule has 5 heteroatoms. The summed E-state index contributed by atoms with van der Waals surface area (Å²) in [6.07, 6.45) is 0. The molecule has 4 unspecified atom stereocenters. The van der Waals surface area contributed by atoms with E-state index >= 15 is 0 Å². The van der Waals surface area contributed by atoms with Crippen LogP contribution in [0.1, 0.15) is 6.92 Å². The zero-order valence-electron chi connectivity index (χ0n) is 5.90. The summed E-state index contributed by atoms with van der Waals surface area (Å²) in [6.45, 7) is 1.61. The smallest absolute Gasteiger partial charge is 0.115 e. The van der Waals surface area contributed by atoms with Crippen molar-refractivity contribution in [2.45, 2.75) is 24.7 Å². The lowest BCUT2D eigenvalue weighted by atomic mass is 10.1. The second kappa shape index (κ2) is 4.72. The summed E-state index contributed by atoms with van der Waals surface area (Å²) < 4.78 is 0. The number of nitroso groups, excluding NO2 is 1. The van der Waals surface area contributed by atoms with Crippen molar-refractivity contribution in [3.63, 3.8) is 0 Å². The average Bonchev–Trinajstić information content (AvgIpc) is 1.88. The van der Waals surface area contributed by atoms with Gasteiger partial charge in [-0.3, -0.25) is 0 Å². The van der Waals surface area contributed by atoms with E-state index in [1.165, 1.54) is 0 Å². The normalized spacial score (nSPS) is 19.6. The minimum atomic E-state index is -0.505.